The van der Waals surface area contributed by atoms with E-state index in [-0.39, 0.29) is 24.8 Å². The molecule has 0 aromatic carbocycles. The van der Waals surface area contributed by atoms with Crippen LogP contribution >= 0.6 is 24.8 Å². The normalized spacial score (nSPS) is 6.57. The van der Waals surface area contributed by atoms with Gasteiger partial charge in [0.1, 0.15) is 0 Å². The maximum atomic E-state index is 2.23. The molecule has 0 amide bonds. The first-order valence-electron chi connectivity index (χ1n) is 1.86. The van der Waals surface area contributed by atoms with E-state index in [2.05, 4.69) is 13.8 Å². The SMILES string of the molecule is C[CH2][Pd][CH2]C.Cl.Cl. The van der Waals surface area contributed by atoms with Crippen molar-refractivity contribution in [2.75, 3.05) is 0 Å². The first-order valence-corrected chi connectivity index (χ1v) is 4.06. The molecule has 0 saturated carbocycles. The third-order valence-corrected chi connectivity index (χ3v) is 1.87. The smallest absolute Gasteiger partial charge is 0.147 e. The number of hydrogen-bond acceptors (Lipinski definition) is 0. The Morgan fingerprint density at radius 2 is 1.29 bits per heavy atom. The average molecular weight is 237 g/mol. The fourth-order valence-corrected chi connectivity index (χ4v) is 0.935. The topological polar surface area (TPSA) is 0 Å². The van der Waals surface area contributed by atoms with Crippen molar-refractivity contribution in [3.8, 4) is 0 Å². The maximum absolute atomic E-state index is 2.23. The minimum atomic E-state index is 0. The Balaban J connectivity index is -0.0000000800. The summed E-state index contributed by atoms with van der Waals surface area (Å²) in [5.74, 6) is 0. The van der Waals surface area contributed by atoms with Crippen LogP contribution in [0.1, 0.15) is 13.8 Å². The molecule has 0 nitrogen and oxygen atoms in total. The molecular weight excluding hydrogens is 225 g/mol. The summed E-state index contributed by atoms with van der Waals surface area (Å²) >= 11 is 1.04. The van der Waals surface area contributed by atoms with Crippen LogP contribution in [0.5, 0.6) is 0 Å². The zero-order valence-electron chi connectivity index (χ0n) is 4.55. The van der Waals surface area contributed by atoms with Crippen LogP contribution in [0.15, 0.2) is 0 Å². The molecule has 0 bridgehead atoms. The molecule has 0 atom stereocenters. The van der Waals surface area contributed by atoms with E-state index in [9.17, 15) is 0 Å². The van der Waals surface area contributed by atoms with Crippen molar-refractivity contribution in [2.24, 2.45) is 0 Å². The van der Waals surface area contributed by atoms with Gasteiger partial charge in [-0.2, -0.15) is 0 Å². The summed E-state index contributed by atoms with van der Waals surface area (Å²) in [6.45, 7) is 4.47. The van der Waals surface area contributed by atoms with Gasteiger partial charge in [-0.3, -0.25) is 0 Å². The molecule has 0 unspecified atom stereocenters. The third-order valence-electron chi connectivity index (χ3n) is 0.316. The number of halogens is 2. The molecule has 0 spiro atoms. The van der Waals surface area contributed by atoms with Crippen LogP contribution in [-0.2, 0) is 18.0 Å². The van der Waals surface area contributed by atoms with Crippen LogP contribution in [0.2, 0.25) is 9.79 Å². The minimum absolute atomic E-state index is 0. The van der Waals surface area contributed by atoms with Crippen LogP contribution in [0.4, 0.5) is 0 Å². The summed E-state index contributed by atoms with van der Waals surface area (Å²) in [6, 6.07) is 0. The van der Waals surface area contributed by atoms with Gasteiger partial charge in [0.15, 0.2) is 0 Å². The third kappa shape index (κ3) is 18.9. The van der Waals surface area contributed by atoms with Crippen molar-refractivity contribution in [1.82, 2.24) is 0 Å². The quantitative estimate of drug-likeness (QED) is 0.648. The van der Waals surface area contributed by atoms with Crippen LogP contribution in [0.3, 0.4) is 0 Å². The van der Waals surface area contributed by atoms with Crippen molar-refractivity contribution in [3.05, 3.63) is 0 Å². The average Bonchev–Trinajstić information content (AvgIpc) is 1.41. The maximum Gasteiger partial charge on any atom is -0.147 e. The van der Waals surface area contributed by atoms with Gasteiger partial charge in [0.05, 0.1) is 0 Å². The molecule has 0 aliphatic rings. The Hall–Kier alpha value is 1.24. The van der Waals surface area contributed by atoms with Crippen molar-refractivity contribution < 1.29 is 18.0 Å². The van der Waals surface area contributed by atoms with Crippen molar-refractivity contribution >= 4 is 24.8 Å². The monoisotopic (exact) mass is 236 g/mol. The van der Waals surface area contributed by atoms with Gasteiger partial charge in [-0.15, -0.1) is 24.8 Å². The summed E-state index contributed by atoms with van der Waals surface area (Å²) in [5.41, 5.74) is 0. The van der Waals surface area contributed by atoms with Crippen molar-refractivity contribution in [2.45, 2.75) is 23.6 Å². The van der Waals surface area contributed by atoms with Crippen LogP contribution in [0, 0.1) is 0 Å². The molecule has 52 valence electrons. The van der Waals surface area contributed by atoms with E-state index in [1.807, 2.05) is 0 Å². The van der Waals surface area contributed by atoms with Gasteiger partial charge in [0.25, 0.3) is 0 Å². The van der Waals surface area contributed by atoms with Gasteiger partial charge in [0.2, 0.25) is 0 Å². The Morgan fingerprint density at radius 1 is 1.00 bits per heavy atom. The first kappa shape index (κ1) is 15.7. The van der Waals surface area contributed by atoms with E-state index in [4.69, 9.17) is 0 Å². The van der Waals surface area contributed by atoms with Gasteiger partial charge < -0.3 is 0 Å². The molecule has 0 heterocycles. The summed E-state index contributed by atoms with van der Waals surface area (Å²) in [6.07, 6.45) is 0. The molecule has 0 rings (SSSR count). The Morgan fingerprint density at radius 3 is 1.29 bits per heavy atom. The van der Waals surface area contributed by atoms with E-state index in [0.717, 1.165) is 18.0 Å². The number of hydrogen-bond donors (Lipinski definition) is 0. The molecule has 0 aromatic heterocycles. The predicted molar refractivity (Wildman–Crippen MR) is 35.5 cm³/mol. The van der Waals surface area contributed by atoms with Crippen LogP contribution in [0.25, 0.3) is 0 Å². The van der Waals surface area contributed by atoms with Gasteiger partial charge in [-0.05, 0) is 0 Å². The second-order valence-corrected chi connectivity index (χ2v) is 3.58. The van der Waals surface area contributed by atoms with Gasteiger partial charge >= 0.3 is 41.6 Å². The Kier molecular flexibility index (Phi) is 35.2. The molecule has 0 fully saturated rings. The second kappa shape index (κ2) is 15.7. The Bertz CT molecular complexity index is 17.2. The van der Waals surface area contributed by atoms with Gasteiger partial charge in [-0.25, -0.2) is 0 Å². The molecule has 0 aliphatic heterocycles. The molecule has 0 saturated heterocycles. The predicted octanol–water partition coefficient (Wildman–Crippen LogP) is 2.79. The van der Waals surface area contributed by atoms with Gasteiger partial charge in [-0.1, -0.05) is 0 Å². The van der Waals surface area contributed by atoms with Crippen LogP contribution in [-0.4, -0.2) is 0 Å². The second-order valence-electron chi connectivity index (χ2n) is 0.605. The van der Waals surface area contributed by atoms with Crippen molar-refractivity contribution in [3.63, 3.8) is 0 Å². The molecule has 0 radical (unpaired) electrons. The number of rotatable bonds is 2. The standard InChI is InChI=1S/2C2H5.2ClH.Pd/c2*1-2;;;/h2*1H2,2H3;2*1H;. The summed E-state index contributed by atoms with van der Waals surface area (Å²) < 4.78 is 0. The zero-order chi connectivity index (χ0) is 4.12. The molecule has 0 aliphatic carbocycles. The summed E-state index contributed by atoms with van der Waals surface area (Å²) in [5, 5.41) is 0. The molecule has 7 heavy (non-hydrogen) atoms. The van der Waals surface area contributed by atoms with Gasteiger partial charge in [0, 0.05) is 0 Å². The molecule has 3 heteroatoms. The van der Waals surface area contributed by atoms with E-state index < -0.39 is 0 Å². The van der Waals surface area contributed by atoms with Crippen LogP contribution < -0.4 is 0 Å². The molecule has 0 N–H and O–H groups in total. The Labute approximate surface area is 66.4 Å². The summed E-state index contributed by atoms with van der Waals surface area (Å²) in [7, 11) is 0. The molecule has 0 aromatic rings. The molecular formula is C4H12Cl2Pd. The largest absolute Gasteiger partial charge is 0.147 e. The van der Waals surface area contributed by atoms with Crippen molar-refractivity contribution in [1.29, 1.82) is 0 Å². The minimum Gasteiger partial charge on any atom is -0.147 e. The van der Waals surface area contributed by atoms with E-state index in [1.54, 1.807) is 0 Å². The fraction of sp³-hybridized carbons (Fsp3) is 1.00. The van der Waals surface area contributed by atoms with E-state index in [0.29, 0.717) is 0 Å². The first-order chi connectivity index (χ1) is 2.41. The zero-order valence-corrected chi connectivity index (χ0v) is 7.73. The van der Waals surface area contributed by atoms with E-state index in [1.165, 1.54) is 9.79 Å². The summed E-state index contributed by atoms with van der Waals surface area (Å²) in [4.78, 5) is 2.79. The fourth-order valence-electron chi connectivity index (χ4n) is 0.158. The van der Waals surface area contributed by atoms with E-state index >= 15 is 0 Å².